The number of halogens is 1. The van der Waals surface area contributed by atoms with Crippen molar-refractivity contribution in [2.45, 2.75) is 19.3 Å². The highest BCUT2D eigenvalue weighted by Crippen LogP contribution is 2.08. The molecule has 0 aromatic heterocycles. The molecule has 0 atom stereocenters. The molecular formula is C16H21ClN2O2. The summed E-state index contributed by atoms with van der Waals surface area (Å²) < 4.78 is 0. The molecule has 2 amide bonds. The van der Waals surface area contributed by atoms with Crippen LogP contribution in [0.2, 0.25) is 0 Å². The maximum atomic E-state index is 12.2. The second-order valence-electron chi connectivity index (χ2n) is 5.22. The minimum Gasteiger partial charge on any atom is -0.339 e. The van der Waals surface area contributed by atoms with Crippen molar-refractivity contribution in [2.24, 2.45) is 0 Å². The van der Waals surface area contributed by atoms with Crippen LogP contribution >= 0.6 is 11.6 Å². The molecule has 0 aliphatic carbocycles. The van der Waals surface area contributed by atoms with E-state index in [4.69, 9.17) is 11.6 Å². The molecular weight excluding hydrogens is 288 g/mol. The molecule has 0 radical (unpaired) electrons. The Hall–Kier alpha value is -1.55. The summed E-state index contributed by atoms with van der Waals surface area (Å²) >= 11 is 5.60. The van der Waals surface area contributed by atoms with E-state index in [9.17, 15) is 9.59 Å². The highest BCUT2D eigenvalue weighted by atomic mass is 35.5. The third-order valence-electron chi connectivity index (χ3n) is 3.71. The van der Waals surface area contributed by atoms with Gasteiger partial charge in [0, 0.05) is 38.5 Å². The van der Waals surface area contributed by atoms with Gasteiger partial charge in [0.15, 0.2) is 0 Å². The minimum absolute atomic E-state index is 0.133. The number of carbonyl (C=O) groups excluding carboxylic acids is 2. The quantitative estimate of drug-likeness (QED) is 0.780. The second kappa shape index (κ2) is 8.03. The van der Waals surface area contributed by atoms with E-state index in [2.05, 4.69) is 0 Å². The van der Waals surface area contributed by atoms with Crippen LogP contribution in [0.3, 0.4) is 0 Å². The van der Waals surface area contributed by atoms with E-state index in [1.54, 1.807) is 0 Å². The number of hydrogen-bond acceptors (Lipinski definition) is 2. The van der Waals surface area contributed by atoms with Gasteiger partial charge in [-0.05, 0) is 12.0 Å². The number of amides is 2. The van der Waals surface area contributed by atoms with E-state index in [0.717, 1.165) is 5.56 Å². The topological polar surface area (TPSA) is 40.6 Å². The summed E-state index contributed by atoms with van der Waals surface area (Å²) in [4.78, 5) is 27.8. The number of alkyl halides is 1. The number of rotatable bonds is 5. The van der Waals surface area contributed by atoms with E-state index in [1.165, 1.54) is 0 Å². The lowest BCUT2D eigenvalue weighted by molar-refractivity contribution is -0.139. The molecule has 0 bridgehead atoms. The van der Waals surface area contributed by atoms with E-state index < -0.39 is 0 Å². The Morgan fingerprint density at radius 3 is 2.10 bits per heavy atom. The average Bonchev–Trinajstić information content (AvgIpc) is 2.53. The summed E-state index contributed by atoms with van der Waals surface area (Å²) in [5.41, 5.74) is 1.03. The third kappa shape index (κ3) is 4.74. The van der Waals surface area contributed by atoms with Gasteiger partial charge in [0.25, 0.3) is 0 Å². The zero-order valence-electron chi connectivity index (χ0n) is 12.1. The first-order valence-corrected chi connectivity index (χ1v) is 7.89. The van der Waals surface area contributed by atoms with Gasteiger partial charge in [-0.25, -0.2) is 0 Å². The van der Waals surface area contributed by atoms with Crippen molar-refractivity contribution in [3.05, 3.63) is 35.9 Å². The lowest BCUT2D eigenvalue weighted by Gasteiger charge is -2.35. The highest BCUT2D eigenvalue weighted by Gasteiger charge is 2.23. The molecule has 1 aromatic rings. The number of carbonyl (C=O) groups is 2. The zero-order valence-corrected chi connectivity index (χ0v) is 12.9. The zero-order chi connectivity index (χ0) is 15.1. The smallest absolute Gasteiger partial charge is 0.227 e. The SMILES string of the molecule is O=C(CCCCl)N1CCN(C(=O)Cc2ccccc2)CC1. The number of nitrogens with zero attached hydrogens (tertiary/aromatic N) is 2. The van der Waals surface area contributed by atoms with Crippen LogP contribution in [0, 0.1) is 0 Å². The number of benzene rings is 1. The van der Waals surface area contributed by atoms with Gasteiger partial charge in [-0.3, -0.25) is 9.59 Å². The Labute approximate surface area is 130 Å². The van der Waals surface area contributed by atoms with Gasteiger partial charge < -0.3 is 9.80 Å². The Bertz CT molecular complexity index is 470. The van der Waals surface area contributed by atoms with E-state index in [-0.39, 0.29) is 11.8 Å². The fourth-order valence-corrected chi connectivity index (χ4v) is 2.60. The van der Waals surface area contributed by atoms with Crippen molar-refractivity contribution in [1.82, 2.24) is 9.80 Å². The van der Waals surface area contributed by atoms with Crippen LogP contribution in [0.5, 0.6) is 0 Å². The van der Waals surface area contributed by atoms with Gasteiger partial charge in [0.2, 0.25) is 11.8 Å². The molecule has 2 rings (SSSR count). The maximum absolute atomic E-state index is 12.2. The van der Waals surface area contributed by atoms with E-state index >= 15 is 0 Å². The number of piperazine rings is 1. The lowest BCUT2D eigenvalue weighted by atomic mass is 10.1. The first-order valence-electron chi connectivity index (χ1n) is 7.36. The third-order valence-corrected chi connectivity index (χ3v) is 3.97. The monoisotopic (exact) mass is 308 g/mol. The highest BCUT2D eigenvalue weighted by molar-refractivity contribution is 6.17. The summed E-state index contributed by atoms with van der Waals surface area (Å²) in [7, 11) is 0. The summed E-state index contributed by atoms with van der Waals surface area (Å²) in [5, 5.41) is 0. The Balaban J connectivity index is 1.78. The Morgan fingerprint density at radius 1 is 0.952 bits per heavy atom. The summed E-state index contributed by atoms with van der Waals surface area (Å²) in [6.07, 6.45) is 1.65. The fraction of sp³-hybridized carbons (Fsp3) is 0.500. The van der Waals surface area contributed by atoms with Gasteiger partial charge in [-0.1, -0.05) is 30.3 Å². The minimum atomic E-state index is 0.133. The average molecular weight is 309 g/mol. The molecule has 0 N–H and O–H groups in total. The lowest BCUT2D eigenvalue weighted by Crippen LogP contribution is -2.51. The molecule has 1 saturated heterocycles. The predicted molar refractivity (Wildman–Crippen MR) is 83.3 cm³/mol. The molecule has 1 heterocycles. The normalized spacial score (nSPS) is 15.1. The first kappa shape index (κ1) is 15.8. The molecule has 114 valence electrons. The Kier molecular flexibility index (Phi) is 6.05. The molecule has 0 spiro atoms. The molecule has 5 heteroatoms. The molecule has 1 aliphatic rings. The number of hydrogen-bond donors (Lipinski definition) is 0. The van der Waals surface area contributed by atoms with Gasteiger partial charge in [-0.2, -0.15) is 0 Å². The first-order chi connectivity index (χ1) is 10.2. The van der Waals surface area contributed by atoms with Crippen LogP contribution in [-0.4, -0.2) is 53.7 Å². The van der Waals surface area contributed by atoms with Crippen molar-refractivity contribution in [1.29, 1.82) is 0 Å². The molecule has 4 nitrogen and oxygen atoms in total. The molecule has 0 saturated carbocycles. The summed E-state index contributed by atoms with van der Waals surface area (Å²) in [5.74, 6) is 0.793. The Morgan fingerprint density at radius 2 is 1.52 bits per heavy atom. The van der Waals surface area contributed by atoms with Crippen molar-refractivity contribution in [3.63, 3.8) is 0 Å². The van der Waals surface area contributed by atoms with Crippen LogP contribution < -0.4 is 0 Å². The largest absolute Gasteiger partial charge is 0.339 e. The van der Waals surface area contributed by atoms with Crippen molar-refractivity contribution in [2.75, 3.05) is 32.1 Å². The van der Waals surface area contributed by atoms with Gasteiger partial charge >= 0.3 is 0 Å². The molecule has 21 heavy (non-hydrogen) atoms. The van der Waals surface area contributed by atoms with Crippen LogP contribution in [0.25, 0.3) is 0 Å². The van der Waals surface area contributed by atoms with Crippen molar-refractivity contribution in [3.8, 4) is 0 Å². The molecule has 1 aliphatic heterocycles. The molecule has 0 unspecified atom stereocenters. The van der Waals surface area contributed by atoms with Crippen LogP contribution in [0.1, 0.15) is 18.4 Å². The van der Waals surface area contributed by atoms with Crippen LogP contribution in [0.4, 0.5) is 0 Å². The standard InChI is InChI=1S/C16H21ClN2O2/c17-8-4-7-15(20)18-9-11-19(12-10-18)16(21)13-14-5-2-1-3-6-14/h1-3,5-6H,4,7-13H2. The fourth-order valence-electron chi connectivity index (χ4n) is 2.46. The summed E-state index contributed by atoms with van der Waals surface area (Å²) in [6.45, 7) is 2.50. The van der Waals surface area contributed by atoms with Gasteiger partial charge in [0.1, 0.15) is 0 Å². The van der Waals surface area contributed by atoms with Gasteiger partial charge in [0.05, 0.1) is 6.42 Å². The van der Waals surface area contributed by atoms with E-state index in [1.807, 2.05) is 40.1 Å². The second-order valence-corrected chi connectivity index (χ2v) is 5.59. The maximum Gasteiger partial charge on any atom is 0.227 e. The molecule has 1 aromatic carbocycles. The van der Waals surface area contributed by atoms with Crippen LogP contribution in [0.15, 0.2) is 30.3 Å². The van der Waals surface area contributed by atoms with Crippen molar-refractivity contribution >= 4 is 23.4 Å². The van der Waals surface area contributed by atoms with Crippen LogP contribution in [-0.2, 0) is 16.0 Å². The van der Waals surface area contributed by atoms with E-state index in [0.29, 0.717) is 51.3 Å². The van der Waals surface area contributed by atoms with Gasteiger partial charge in [-0.15, -0.1) is 11.6 Å². The van der Waals surface area contributed by atoms with Crippen molar-refractivity contribution < 1.29 is 9.59 Å². The molecule has 1 fully saturated rings. The summed E-state index contributed by atoms with van der Waals surface area (Å²) in [6, 6.07) is 9.75. The predicted octanol–water partition coefficient (Wildman–Crippen LogP) is 1.92.